The average Bonchev–Trinajstić information content (AvgIpc) is 3.16. The summed E-state index contributed by atoms with van der Waals surface area (Å²) in [7, 11) is 1.74. The highest BCUT2D eigenvalue weighted by atomic mass is 16.5. The first-order valence-corrected chi connectivity index (χ1v) is 7.57. The summed E-state index contributed by atoms with van der Waals surface area (Å²) in [6.07, 6.45) is 4.85. The van der Waals surface area contributed by atoms with E-state index in [1.54, 1.807) is 7.11 Å². The van der Waals surface area contributed by atoms with Crippen molar-refractivity contribution in [2.24, 2.45) is 5.92 Å². The highest BCUT2D eigenvalue weighted by Crippen LogP contribution is 2.31. The highest BCUT2D eigenvalue weighted by Gasteiger charge is 2.24. The summed E-state index contributed by atoms with van der Waals surface area (Å²) >= 11 is 0. The lowest BCUT2D eigenvalue weighted by Crippen LogP contribution is -2.20. The molecule has 1 heterocycles. The van der Waals surface area contributed by atoms with Crippen molar-refractivity contribution < 1.29 is 4.74 Å². The molecule has 0 amide bonds. The van der Waals surface area contributed by atoms with Gasteiger partial charge in [0.2, 0.25) is 0 Å². The summed E-state index contributed by atoms with van der Waals surface area (Å²) in [5.41, 5.74) is 4.11. The second kappa shape index (κ2) is 7.06. The Bertz CT molecular complexity index is 396. The van der Waals surface area contributed by atoms with E-state index in [4.69, 9.17) is 9.84 Å². The van der Waals surface area contributed by atoms with Gasteiger partial charge in [0.15, 0.2) is 0 Å². The summed E-state index contributed by atoms with van der Waals surface area (Å²) < 4.78 is 7.34. The largest absolute Gasteiger partial charge is 0.383 e. The van der Waals surface area contributed by atoms with Crippen LogP contribution in [0.2, 0.25) is 0 Å². The molecule has 1 aromatic heterocycles. The summed E-state index contributed by atoms with van der Waals surface area (Å²) in [6, 6.07) is 0. The van der Waals surface area contributed by atoms with E-state index in [-0.39, 0.29) is 0 Å². The number of ether oxygens (including phenoxy) is 1. The van der Waals surface area contributed by atoms with Gasteiger partial charge in [-0.2, -0.15) is 5.10 Å². The molecule has 0 aliphatic heterocycles. The molecule has 1 aliphatic rings. The third-order valence-corrected chi connectivity index (χ3v) is 3.83. The molecule has 0 saturated heterocycles. The average molecular weight is 265 g/mol. The van der Waals surface area contributed by atoms with E-state index in [9.17, 15) is 0 Å². The maximum Gasteiger partial charge on any atom is 0.0669 e. The van der Waals surface area contributed by atoms with Crippen LogP contribution in [-0.4, -0.2) is 30.0 Å². The van der Waals surface area contributed by atoms with Crippen LogP contribution in [0, 0.1) is 5.92 Å². The van der Waals surface area contributed by atoms with E-state index >= 15 is 0 Å². The van der Waals surface area contributed by atoms with Gasteiger partial charge in [-0.15, -0.1) is 0 Å². The third-order valence-electron chi connectivity index (χ3n) is 3.83. The molecular weight excluding hydrogens is 238 g/mol. The lowest BCUT2D eigenvalue weighted by atomic mass is 10.1. The van der Waals surface area contributed by atoms with Crippen LogP contribution in [0.25, 0.3) is 0 Å². The van der Waals surface area contributed by atoms with E-state index in [0.717, 1.165) is 45.0 Å². The van der Waals surface area contributed by atoms with Gasteiger partial charge in [0.25, 0.3) is 0 Å². The first-order valence-electron chi connectivity index (χ1n) is 7.57. The Morgan fingerprint density at radius 2 is 2.11 bits per heavy atom. The Hall–Kier alpha value is -0.870. The Balaban J connectivity index is 2.06. The van der Waals surface area contributed by atoms with Crippen molar-refractivity contribution in [1.29, 1.82) is 0 Å². The van der Waals surface area contributed by atoms with Crippen molar-refractivity contribution in [2.75, 3.05) is 20.3 Å². The zero-order valence-corrected chi connectivity index (χ0v) is 12.5. The molecule has 0 radical (unpaired) electrons. The van der Waals surface area contributed by atoms with Crippen LogP contribution < -0.4 is 5.32 Å². The van der Waals surface area contributed by atoms with Gasteiger partial charge in [0.1, 0.15) is 0 Å². The molecular formula is C15H27N3O. The van der Waals surface area contributed by atoms with E-state index in [0.29, 0.717) is 0 Å². The fourth-order valence-corrected chi connectivity index (χ4v) is 2.56. The number of rotatable bonds is 9. The van der Waals surface area contributed by atoms with Gasteiger partial charge in [0.05, 0.1) is 12.3 Å². The third kappa shape index (κ3) is 3.80. The minimum Gasteiger partial charge on any atom is -0.383 e. The first kappa shape index (κ1) is 14.5. The highest BCUT2D eigenvalue weighted by molar-refractivity contribution is 5.27. The predicted octanol–water partition coefficient (Wildman–Crippen LogP) is 2.15. The van der Waals surface area contributed by atoms with E-state index in [2.05, 4.69) is 23.8 Å². The summed E-state index contributed by atoms with van der Waals surface area (Å²) in [5.74, 6) is 0.879. The minimum absolute atomic E-state index is 0.763. The fraction of sp³-hybridized carbons (Fsp3) is 0.800. The van der Waals surface area contributed by atoms with Crippen LogP contribution in [-0.2, 0) is 30.7 Å². The fourth-order valence-electron chi connectivity index (χ4n) is 2.56. The Morgan fingerprint density at radius 1 is 1.32 bits per heavy atom. The summed E-state index contributed by atoms with van der Waals surface area (Å²) in [6.45, 7) is 8.13. The maximum absolute atomic E-state index is 5.08. The van der Waals surface area contributed by atoms with Gasteiger partial charge >= 0.3 is 0 Å². The molecule has 19 heavy (non-hydrogen) atoms. The Kier molecular flexibility index (Phi) is 5.40. The molecule has 1 N–H and O–H groups in total. The topological polar surface area (TPSA) is 39.1 Å². The van der Waals surface area contributed by atoms with Gasteiger partial charge in [0, 0.05) is 38.0 Å². The minimum atomic E-state index is 0.763. The number of hydrogen-bond donors (Lipinski definition) is 1. The number of nitrogens with one attached hydrogen (secondary N) is 1. The molecule has 0 spiro atoms. The van der Waals surface area contributed by atoms with Crippen LogP contribution in [0.1, 0.15) is 43.6 Å². The number of methoxy groups -OCH3 is 1. The molecule has 1 aromatic rings. The first-order chi connectivity index (χ1) is 9.30. The summed E-state index contributed by atoms with van der Waals surface area (Å²) in [5, 5.41) is 8.28. The van der Waals surface area contributed by atoms with Crippen molar-refractivity contribution in [3.63, 3.8) is 0 Å². The zero-order valence-electron chi connectivity index (χ0n) is 12.5. The normalized spacial score (nSPS) is 15.1. The molecule has 4 nitrogen and oxygen atoms in total. The van der Waals surface area contributed by atoms with E-state index in [1.165, 1.54) is 29.8 Å². The van der Waals surface area contributed by atoms with Crippen LogP contribution in [0.15, 0.2) is 0 Å². The van der Waals surface area contributed by atoms with Crippen LogP contribution in [0.5, 0.6) is 0 Å². The maximum atomic E-state index is 5.08. The van der Waals surface area contributed by atoms with Gasteiger partial charge in [-0.05, 0) is 31.6 Å². The second-order valence-corrected chi connectivity index (χ2v) is 5.37. The molecule has 1 saturated carbocycles. The van der Waals surface area contributed by atoms with E-state index in [1.807, 2.05) is 0 Å². The SMILES string of the molecule is CCc1nn(CC2CC2)c(CC)c1CNCCOC. The molecule has 108 valence electrons. The standard InChI is InChI=1S/C15H27N3O/c1-4-14-13(10-16-8-9-19-3)15(5-2)18(17-14)11-12-6-7-12/h12,16H,4-11H2,1-3H3. The van der Waals surface area contributed by atoms with Crippen molar-refractivity contribution in [3.8, 4) is 0 Å². The smallest absolute Gasteiger partial charge is 0.0669 e. The van der Waals surface area contributed by atoms with Crippen molar-refractivity contribution in [2.45, 2.75) is 52.6 Å². The zero-order chi connectivity index (χ0) is 13.7. The van der Waals surface area contributed by atoms with Crippen molar-refractivity contribution in [3.05, 3.63) is 17.0 Å². The van der Waals surface area contributed by atoms with Crippen molar-refractivity contribution in [1.82, 2.24) is 15.1 Å². The monoisotopic (exact) mass is 265 g/mol. The number of aromatic nitrogens is 2. The number of nitrogens with zero attached hydrogens (tertiary/aromatic N) is 2. The van der Waals surface area contributed by atoms with Crippen LogP contribution in [0.3, 0.4) is 0 Å². The summed E-state index contributed by atoms with van der Waals surface area (Å²) in [4.78, 5) is 0. The van der Waals surface area contributed by atoms with Crippen molar-refractivity contribution >= 4 is 0 Å². The predicted molar refractivity (Wildman–Crippen MR) is 77.3 cm³/mol. The van der Waals surface area contributed by atoms with E-state index < -0.39 is 0 Å². The lowest BCUT2D eigenvalue weighted by molar-refractivity contribution is 0.199. The molecule has 1 fully saturated rings. The van der Waals surface area contributed by atoms with Gasteiger partial charge < -0.3 is 10.1 Å². The molecule has 0 atom stereocenters. The van der Waals surface area contributed by atoms with Gasteiger partial charge in [-0.25, -0.2) is 0 Å². The number of aryl methyl sites for hydroxylation is 1. The van der Waals surface area contributed by atoms with Gasteiger partial charge in [-0.1, -0.05) is 13.8 Å². The Labute approximate surface area is 116 Å². The second-order valence-electron chi connectivity index (χ2n) is 5.37. The lowest BCUT2D eigenvalue weighted by Gasteiger charge is -2.08. The molecule has 2 rings (SSSR count). The molecule has 0 bridgehead atoms. The number of hydrogen-bond acceptors (Lipinski definition) is 3. The Morgan fingerprint density at radius 3 is 2.68 bits per heavy atom. The van der Waals surface area contributed by atoms with Gasteiger partial charge in [-0.3, -0.25) is 4.68 Å². The molecule has 4 heteroatoms. The molecule has 1 aliphatic carbocycles. The van der Waals surface area contributed by atoms with Crippen LogP contribution >= 0.6 is 0 Å². The van der Waals surface area contributed by atoms with Crippen LogP contribution in [0.4, 0.5) is 0 Å². The quantitative estimate of drug-likeness (QED) is 0.695. The molecule has 0 aromatic carbocycles. The molecule has 0 unspecified atom stereocenters.